The number of aromatic nitrogens is 2. The Morgan fingerprint density at radius 3 is 2.38 bits per heavy atom. The SMILES string of the molecule is CCN(CC)C(=O)N1CCN(Cc2cnc(C)nc2)[C@H]2CS(=O)(=O)C[C@H]21. The zero-order valence-electron chi connectivity index (χ0n) is 15.6. The molecule has 0 radical (unpaired) electrons. The standard InChI is InChI=1S/C17H27N5O3S/c1-4-20(5-2)17(23)22-7-6-21(10-14-8-18-13(3)19-9-14)15-11-26(24,25)12-16(15)22/h8-9,15-16H,4-7,10-12H2,1-3H3/t15-,16+/m0/s1. The molecule has 0 aromatic carbocycles. The molecule has 2 fully saturated rings. The number of sulfone groups is 1. The first-order chi connectivity index (χ1) is 12.3. The van der Waals surface area contributed by atoms with Crippen LogP contribution in [0.3, 0.4) is 0 Å². The van der Waals surface area contributed by atoms with Gasteiger partial charge in [-0.25, -0.2) is 23.2 Å². The van der Waals surface area contributed by atoms with Crippen LogP contribution in [0.15, 0.2) is 12.4 Å². The summed E-state index contributed by atoms with van der Waals surface area (Å²) in [6, 6.07) is -0.511. The summed E-state index contributed by atoms with van der Waals surface area (Å²) in [7, 11) is -3.15. The Kier molecular flexibility index (Phi) is 5.47. The van der Waals surface area contributed by atoms with Gasteiger partial charge in [0.2, 0.25) is 0 Å². The lowest BCUT2D eigenvalue weighted by atomic mass is 10.0. The zero-order chi connectivity index (χ0) is 18.9. The molecule has 0 unspecified atom stereocenters. The number of carbonyl (C=O) groups is 1. The number of hydrogen-bond acceptors (Lipinski definition) is 6. The maximum absolute atomic E-state index is 12.8. The molecule has 3 rings (SSSR count). The van der Waals surface area contributed by atoms with Gasteiger partial charge in [-0.05, 0) is 20.8 Å². The molecule has 8 nitrogen and oxygen atoms in total. The van der Waals surface area contributed by atoms with Crippen molar-refractivity contribution in [2.75, 3.05) is 37.7 Å². The Morgan fingerprint density at radius 1 is 1.15 bits per heavy atom. The first-order valence-electron chi connectivity index (χ1n) is 9.12. The molecule has 144 valence electrons. The first kappa shape index (κ1) is 19.0. The smallest absolute Gasteiger partial charge is 0.320 e. The Bertz CT molecular complexity index is 748. The van der Waals surface area contributed by atoms with Crippen molar-refractivity contribution in [3.05, 3.63) is 23.8 Å². The molecule has 1 aromatic rings. The summed E-state index contributed by atoms with van der Waals surface area (Å²) in [6.45, 7) is 8.76. The molecule has 2 amide bonds. The van der Waals surface area contributed by atoms with Crippen molar-refractivity contribution in [3.8, 4) is 0 Å². The second-order valence-corrected chi connectivity index (χ2v) is 9.12. The van der Waals surface area contributed by atoms with Gasteiger partial charge < -0.3 is 9.80 Å². The predicted molar refractivity (Wildman–Crippen MR) is 98.4 cm³/mol. The van der Waals surface area contributed by atoms with E-state index < -0.39 is 9.84 Å². The van der Waals surface area contributed by atoms with E-state index in [1.165, 1.54) is 0 Å². The van der Waals surface area contributed by atoms with E-state index in [9.17, 15) is 13.2 Å². The molecule has 1 aromatic heterocycles. The molecule has 9 heteroatoms. The molecule has 0 saturated carbocycles. The van der Waals surface area contributed by atoms with E-state index in [0.29, 0.717) is 38.5 Å². The van der Waals surface area contributed by atoms with Gasteiger partial charge in [0.25, 0.3) is 0 Å². The molecular weight excluding hydrogens is 354 g/mol. The number of rotatable bonds is 4. The molecule has 0 N–H and O–H groups in total. The van der Waals surface area contributed by atoms with Crippen LogP contribution in [-0.2, 0) is 16.4 Å². The minimum atomic E-state index is -3.15. The maximum atomic E-state index is 12.8. The summed E-state index contributed by atoms with van der Waals surface area (Å²) >= 11 is 0. The summed E-state index contributed by atoms with van der Waals surface area (Å²) in [4.78, 5) is 27.0. The Balaban J connectivity index is 1.80. The highest BCUT2D eigenvalue weighted by atomic mass is 32.2. The van der Waals surface area contributed by atoms with Crippen molar-refractivity contribution in [2.45, 2.75) is 39.4 Å². The molecule has 0 spiro atoms. The minimum absolute atomic E-state index is 0.0472. The normalized spacial score (nSPS) is 25.1. The fraction of sp³-hybridized carbons (Fsp3) is 0.706. The summed E-state index contributed by atoms with van der Waals surface area (Å²) in [6.07, 6.45) is 3.57. The molecule has 3 heterocycles. The monoisotopic (exact) mass is 381 g/mol. The highest BCUT2D eigenvalue weighted by Gasteiger charge is 2.48. The van der Waals surface area contributed by atoms with Gasteiger partial charge in [-0.15, -0.1) is 0 Å². The molecule has 26 heavy (non-hydrogen) atoms. The highest BCUT2D eigenvalue weighted by molar-refractivity contribution is 7.91. The van der Waals surface area contributed by atoms with Gasteiger partial charge >= 0.3 is 6.03 Å². The fourth-order valence-corrected chi connectivity index (χ4v) is 5.88. The van der Waals surface area contributed by atoms with Gasteiger partial charge in [0.15, 0.2) is 9.84 Å². The molecule has 2 saturated heterocycles. The van der Waals surface area contributed by atoms with Gasteiger partial charge in [-0.3, -0.25) is 4.90 Å². The summed E-state index contributed by atoms with van der Waals surface area (Å²) < 4.78 is 24.6. The Hall–Kier alpha value is -1.74. The zero-order valence-corrected chi connectivity index (χ0v) is 16.4. The maximum Gasteiger partial charge on any atom is 0.320 e. The van der Waals surface area contributed by atoms with Crippen LogP contribution in [-0.4, -0.2) is 88.9 Å². The van der Waals surface area contributed by atoms with Crippen LogP contribution in [0.1, 0.15) is 25.2 Å². The van der Waals surface area contributed by atoms with Crippen molar-refractivity contribution in [1.29, 1.82) is 0 Å². The molecular formula is C17H27N5O3S. The molecule has 0 aliphatic carbocycles. The van der Waals surface area contributed by atoms with Crippen molar-refractivity contribution in [2.24, 2.45) is 0 Å². The largest absolute Gasteiger partial charge is 0.325 e. The fourth-order valence-electron chi connectivity index (χ4n) is 3.87. The highest BCUT2D eigenvalue weighted by Crippen LogP contribution is 2.28. The van der Waals surface area contributed by atoms with Gasteiger partial charge in [0.1, 0.15) is 5.82 Å². The quantitative estimate of drug-likeness (QED) is 0.756. The topological polar surface area (TPSA) is 86.7 Å². The number of aryl methyl sites for hydroxylation is 1. The number of urea groups is 1. The number of nitrogens with zero attached hydrogens (tertiary/aromatic N) is 5. The Labute approximate surface area is 155 Å². The van der Waals surface area contributed by atoms with Crippen LogP contribution in [0.25, 0.3) is 0 Å². The third-order valence-corrected chi connectivity index (χ3v) is 6.99. The van der Waals surface area contributed by atoms with Crippen LogP contribution in [0.5, 0.6) is 0 Å². The van der Waals surface area contributed by atoms with E-state index in [2.05, 4.69) is 14.9 Å². The lowest BCUT2D eigenvalue weighted by molar-refractivity contribution is 0.0481. The number of amides is 2. The van der Waals surface area contributed by atoms with Crippen LogP contribution in [0.4, 0.5) is 4.79 Å². The average Bonchev–Trinajstić information content (AvgIpc) is 2.93. The van der Waals surface area contributed by atoms with Gasteiger partial charge in [0, 0.05) is 56.7 Å². The lowest BCUT2D eigenvalue weighted by Crippen LogP contribution is -2.62. The van der Waals surface area contributed by atoms with Gasteiger partial charge in [-0.1, -0.05) is 0 Å². The summed E-state index contributed by atoms with van der Waals surface area (Å²) in [5.74, 6) is 0.863. The minimum Gasteiger partial charge on any atom is -0.325 e. The van der Waals surface area contributed by atoms with Crippen LogP contribution in [0.2, 0.25) is 0 Å². The molecule has 2 aliphatic heterocycles. The predicted octanol–water partition coefficient (Wildman–Crippen LogP) is 0.530. The molecule has 0 bridgehead atoms. The molecule has 2 atom stereocenters. The molecule has 2 aliphatic rings. The first-order valence-corrected chi connectivity index (χ1v) is 10.9. The van der Waals surface area contributed by atoms with Crippen molar-refractivity contribution in [3.63, 3.8) is 0 Å². The second-order valence-electron chi connectivity index (χ2n) is 6.97. The van der Waals surface area contributed by atoms with Crippen molar-refractivity contribution >= 4 is 15.9 Å². The number of fused-ring (bicyclic) bond motifs is 1. The van der Waals surface area contributed by atoms with Gasteiger partial charge in [0.05, 0.1) is 17.5 Å². The van der Waals surface area contributed by atoms with E-state index >= 15 is 0 Å². The van der Waals surface area contributed by atoms with Crippen LogP contribution >= 0.6 is 0 Å². The summed E-state index contributed by atoms with van der Waals surface area (Å²) in [5.41, 5.74) is 0.960. The van der Waals surface area contributed by atoms with E-state index in [0.717, 1.165) is 5.56 Å². The summed E-state index contributed by atoms with van der Waals surface area (Å²) in [5, 5.41) is 0. The average molecular weight is 382 g/mol. The van der Waals surface area contributed by atoms with Crippen molar-refractivity contribution in [1.82, 2.24) is 24.7 Å². The van der Waals surface area contributed by atoms with Crippen molar-refractivity contribution < 1.29 is 13.2 Å². The van der Waals surface area contributed by atoms with Crippen LogP contribution in [0, 0.1) is 6.92 Å². The lowest BCUT2D eigenvalue weighted by Gasteiger charge is -2.45. The van der Waals surface area contributed by atoms with E-state index in [1.54, 1.807) is 22.2 Å². The van der Waals surface area contributed by atoms with E-state index in [-0.39, 0.29) is 29.6 Å². The number of piperazine rings is 1. The van der Waals surface area contributed by atoms with Gasteiger partial charge in [-0.2, -0.15) is 0 Å². The number of hydrogen-bond donors (Lipinski definition) is 0. The second kappa shape index (κ2) is 7.48. The third kappa shape index (κ3) is 3.83. The van der Waals surface area contributed by atoms with Crippen LogP contribution < -0.4 is 0 Å². The third-order valence-electron chi connectivity index (χ3n) is 5.29. The Morgan fingerprint density at radius 2 is 1.77 bits per heavy atom. The number of carbonyl (C=O) groups excluding carboxylic acids is 1. The van der Waals surface area contributed by atoms with E-state index in [4.69, 9.17) is 0 Å². The van der Waals surface area contributed by atoms with E-state index in [1.807, 2.05) is 20.8 Å².